The highest BCUT2D eigenvalue weighted by atomic mass is 32.2. The molecule has 7 heteroatoms. The third-order valence-corrected chi connectivity index (χ3v) is 7.03. The minimum Gasteiger partial charge on any atom is -0.370 e. The molecule has 0 aliphatic carbocycles. The van der Waals surface area contributed by atoms with E-state index in [2.05, 4.69) is 0 Å². The van der Waals surface area contributed by atoms with Crippen molar-refractivity contribution in [2.45, 2.75) is 24.8 Å². The lowest BCUT2D eigenvalue weighted by atomic mass is 10.1. The van der Waals surface area contributed by atoms with Gasteiger partial charge in [-0.25, -0.2) is 8.42 Å². The van der Waals surface area contributed by atoms with Gasteiger partial charge < -0.3 is 9.64 Å². The third kappa shape index (κ3) is 4.27. The summed E-state index contributed by atoms with van der Waals surface area (Å²) in [6.07, 6.45) is -0.152. The largest absolute Gasteiger partial charge is 0.370 e. The Morgan fingerprint density at radius 3 is 2.32 bits per heavy atom. The molecule has 1 aliphatic heterocycles. The number of amides is 1. The summed E-state index contributed by atoms with van der Waals surface area (Å²) < 4.78 is 32.4. The molecule has 0 saturated carbocycles. The number of rotatable bonds is 6. The quantitative estimate of drug-likeness (QED) is 0.745. The van der Waals surface area contributed by atoms with Crippen LogP contribution in [-0.2, 0) is 14.8 Å². The fraction of sp³-hybridized carbons (Fsp3) is 0.381. The van der Waals surface area contributed by atoms with Crippen LogP contribution >= 0.6 is 0 Å². The first-order valence-electron chi connectivity index (χ1n) is 9.53. The summed E-state index contributed by atoms with van der Waals surface area (Å²) in [6, 6.07) is 16.0. The van der Waals surface area contributed by atoms with Gasteiger partial charge in [-0.15, -0.1) is 0 Å². The molecule has 150 valence electrons. The van der Waals surface area contributed by atoms with Crippen molar-refractivity contribution in [2.75, 3.05) is 32.8 Å². The van der Waals surface area contributed by atoms with Gasteiger partial charge in [-0.3, -0.25) is 4.79 Å². The zero-order chi connectivity index (χ0) is 20.1. The van der Waals surface area contributed by atoms with E-state index in [1.54, 1.807) is 30.9 Å². The SMILES string of the molecule is CCN(CC)S(=O)(=O)c1ccc(C(=O)N2CCOC(c3ccccc3)C2)cc1. The van der Waals surface area contributed by atoms with Gasteiger partial charge in [-0.05, 0) is 29.8 Å². The molecule has 1 aliphatic rings. The van der Waals surface area contributed by atoms with Crippen molar-refractivity contribution >= 4 is 15.9 Å². The van der Waals surface area contributed by atoms with E-state index in [1.807, 2.05) is 30.3 Å². The molecule has 1 unspecified atom stereocenters. The highest BCUT2D eigenvalue weighted by Crippen LogP contribution is 2.24. The average Bonchev–Trinajstić information content (AvgIpc) is 2.75. The van der Waals surface area contributed by atoms with Crippen molar-refractivity contribution in [1.29, 1.82) is 0 Å². The van der Waals surface area contributed by atoms with Crippen LogP contribution in [0.25, 0.3) is 0 Å². The Kier molecular flexibility index (Phi) is 6.49. The predicted octanol–water partition coefficient (Wildman–Crippen LogP) is 2.93. The summed E-state index contributed by atoms with van der Waals surface area (Å²) in [5.74, 6) is -0.115. The van der Waals surface area contributed by atoms with Crippen molar-refractivity contribution in [1.82, 2.24) is 9.21 Å². The standard InChI is InChI=1S/C21H26N2O4S/c1-3-23(4-2)28(25,26)19-12-10-18(11-13-19)21(24)22-14-15-27-20(16-22)17-8-6-5-7-9-17/h5-13,20H,3-4,14-16H2,1-2H3. The molecular weight excluding hydrogens is 376 g/mol. The first-order valence-corrected chi connectivity index (χ1v) is 11.0. The third-order valence-electron chi connectivity index (χ3n) is 4.97. The van der Waals surface area contributed by atoms with Crippen LogP contribution in [0.2, 0.25) is 0 Å². The number of hydrogen-bond acceptors (Lipinski definition) is 4. The summed E-state index contributed by atoms with van der Waals surface area (Å²) in [5.41, 5.74) is 1.52. The Morgan fingerprint density at radius 2 is 1.71 bits per heavy atom. The summed E-state index contributed by atoms with van der Waals surface area (Å²) in [7, 11) is -3.52. The van der Waals surface area contributed by atoms with Gasteiger partial charge in [-0.2, -0.15) is 4.31 Å². The maximum absolute atomic E-state index is 12.9. The van der Waals surface area contributed by atoms with Gasteiger partial charge in [0, 0.05) is 25.2 Å². The van der Waals surface area contributed by atoms with Gasteiger partial charge in [0.1, 0.15) is 6.10 Å². The fourth-order valence-corrected chi connectivity index (χ4v) is 4.83. The van der Waals surface area contributed by atoms with Crippen LogP contribution in [0, 0.1) is 0 Å². The molecule has 0 aromatic heterocycles. The minimum absolute atomic E-state index is 0.115. The van der Waals surface area contributed by atoms with Crippen molar-refractivity contribution in [3.8, 4) is 0 Å². The van der Waals surface area contributed by atoms with E-state index in [9.17, 15) is 13.2 Å². The van der Waals surface area contributed by atoms with Gasteiger partial charge in [0.05, 0.1) is 18.0 Å². The van der Waals surface area contributed by atoms with Crippen LogP contribution in [0.4, 0.5) is 0 Å². The van der Waals surface area contributed by atoms with E-state index in [1.165, 1.54) is 16.4 Å². The molecule has 1 heterocycles. The maximum Gasteiger partial charge on any atom is 0.254 e. The average molecular weight is 403 g/mol. The lowest BCUT2D eigenvalue weighted by molar-refractivity contribution is -0.0228. The van der Waals surface area contributed by atoms with E-state index in [4.69, 9.17) is 4.74 Å². The Labute approximate surface area is 166 Å². The van der Waals surface area contributed by atoms with Crippen LogP contribution in [0.3, 0.4) is 0 Å². The molecule has 2 aromatic carbocycles. The molecule has 1 fully saturated rings. The topological polar surface area (TPSA) is 66.9 Å². The monoisotopic (exact) mass is 402 g/mol. The second-order valence-electron chi connectivity index (χ2n) is 6.63. The Morgan fingerprint density at radius 1 is 1.07 bits per heavy atom. The van der Waals surface area contributed by atoms with Crippen molar-refractivity contribution in [3.63, 3.8) is 0 Å². The number of ether oxygens (including phenoxy) is 1. The smallest absolute Gasteiger partial charge is 0.254 e. The number of morpholine rings is 1. The van der Waals surface area contributed by atoms with E-state index >= 15 is 0 Å². The number of hydrogen-bond donors (Lipinski definition) is 0. The van der Waals surface area contributed by atoms with Crippen LogP contribution < -0.4 is 0 Å². The number of benzene rings is 2. The number of carbonyl (C=O) groups excluding carboxylic acids is 1. The molecule has 0 spiro atoms. The minimum atomic E-state index is -3.52. The van der Waals surface area contributed by atoms with Crippen molar-refractivity contribution in [3.05, 3.63) is 65.7 Å². The summed E-state index contributed by atoms with van der Waals surface area (Å²) in [5, 5.41) is 0. The van der Waals surface area contributed by atoms with Gasteiger partial charge in [0.2, 0.25) is 10.0 Å². The van der Waals surface area contributed by atoms with Gasteiger partial charge in [0.25, 0.3) is 5.91 Å². The molecule has 2 aromatic rings. The van der Waals surface area contributed by atoms with E-state index in [0.29, 0.717) is 38.3 Å². The van der Waals surface area contributed by atoms with Crippen LogP contribution in [0.5, 0.6) is 0 Å². The Bertz CT molecular complexity index is 894. The maximum atomic E-state index is 12.9. The zero-order valence-corrected chi connectivity index (χ0v) is 17.1. The van der Waals surface area contributed by atoms with E-state index in [0.717, 1.165) is 5.56 Å². The summed E-state index contributed by atoms with van der Waals surface area (Å²) in [6.45, 7) is 5.90. The first-order chi connectivity index (χ1) is 13.5. The highest BCUT2D eigenvalue weighted by molar-refractivity contribution is 7.89. The molecule has 28 heavy (non-hydrogen) atoms. The summed E-state index contributed by atoms with van der Waals surface area (Å²) >= 11 is 0. The molecule has 0 radical (unpaired) electrons. The predicted molar refractivity (Wildman–Crippen MR) is 108 cm³/mol. The molecule has 6 nitrogen and oxygen atoms in total. The molecule has 0 N–H and O–H groups in total. The molecule has 3 rings (SSSR count). The lowest BCUT2D eigenvalue weighted by Crippen LogP contribution is -2.42. The second kappa shape index (κ2) is 8.86. The van der Waals surface area contributed by atoms with Crippen molar-refractivity contribution < 1.29 is 17.9 Å². The van der Waals surface area contributed by atoms with Crippen LogP contribution in [0.1, 0.15) is 35.9 Å². The van der Waals surface area contributed by atoms with Gasteiger partial charge >= 0.3 is 0 Å². The number of nitrogens with zero attached hydrogens (tertiary/aromatic N) is 2. The molecule has 0 bridgehead atoms. The molecular formula is C21H26N2O4S. The zero-order valence-electron chi connectivity index (χ0n) is 16.2. The van der Waals surface area contributed by atoms with E-state index in [-0.39, 0.29) is 16.9 Å². The number of carbonyl (C=O) groups is 1. The summed E-state index contributed by atoms with van der Waals surface area (Å²) in [4.78, 5) is 14.9. The van der Waals surface area contributed by atoms with Gasteiger partial charge in [-0.1, -0.05) is 44.2 Å². The van der Waals surface area contributed by atoms with E-state index < -0.39 is 10.0 Å². The van der Waals surface area contributed by atoms with Crippen LogP contribution in [0.15, 0.2) is 59.5 Å². The van der Waals surface area contributed by atoms with Crippen molar-refractivity contribution in [2.24, 2.45) is 0 Å². The fourth-order valence-electron chi connectivity index (χ4n) is 3.37. The van der Waals surface area contributed by atoms with Crippen LogP contribution in [-0.4, -0.2) is 56.3 Å². The second-order valence-corrected chi connectivity index (χ2v) is 8.57. The first kappa shape index (κ1) is 20.5. The van der Waals surface area contributed by atoms with Gasteiger partial charge in [0.15, 0.2) is 0 Å². The highest BCUT2D eigenvalue weighted by Gasteiger charge is 2.27. The number of sulfonamides is 1. The molecule has 1 amide bonds. The Balaban J connectivity index is 1.74. The molecule has 1 saturated heterocycles. The normalized spacial score (nSPS) is 17.7. The Hall–Kier alpha value is -2.22. The lowest BCUT2D eigenvalue weighted by Gasteiger charge is -2.33. The molecule has 1 atom stereocenters.